The Hall–Kier alpha value is -4.44. The van der Waals surface area contributed by atoms with Crippen molar-refractivity contribution in [3.8, 4) is 0 Å². The van der Waals surface area contributed by atoms with E-state index in [9.17, 15) is 9.59 Å². The van der Waals surface area contributed by atoms with Crippen LogP contribution in [0.25, 0.3) is 44.1 Å². The molecule has 222 valence electrons. The number of amides is 2. The van der Waals surface area contributed by atoms with Gasteiger partial charge in [-0.15, -0.1) is 0 Å². The van der Waals surface area contributed by atoms with Crippen molar-refractivity contribution in [3.05, 3.63) is 94.0 Å². The standard InChI is InChI=1S/C33H29Cl2N7O2/c1-4-26(38-32(43)18-10-6-14-22-28(18)40-30-20(34)12-8-16-24(30)36-22)42(3)27(5-2)39-33(44)19-11-7-15-23-29(19)41-31-21(35)13-9-17-25(31)37-23/h6-17,26-27H,4-5H2,1-3H3,(H,38,43)(H,39,44). The van der Waals surface area contributed by atoms with E-state index < -0.39 is 12.3 Å². The smallest absolute Gasteiger partial charge is 0.254 e. The molecular formula is C33H29Cl2N7O2. The van der Waals surface area contributed by atoms with Crippen LogP contribution in [0.3, 0.4) is 0 Å². The fourth-order valence-corrected chi connectivity index (χ4v) is 5.82. The summed E-state index contributed by atoms with van der Waals surface area (Å²) in [5.41, 5.74) is 5.29. The highest BCUT2D eigenvalue weighted by molar-refractivity contribution is 6.35. The minimum absolute atomic E-state index is 0.302. The molecule has 0 aliphatic rings. The van der Waals surface area contributed by atoms with E-state index in [-0.39, 0.29) is 11.8 Å². The molecule has 0 radical (unpaired) electrons. The Labute approximate surface area is 263 Å². The van der Waals surface area contributed by atoms with Gasteiger partial charge in [0.05, 0.1) is 55.6 Å². The first-order valence-electron chi connectivity index (χ1n) is 14.3. The Bertz CT molecular complexity index is 1920. The van der Waals surface area contributed by atoms with E-state index in [4.69, 9.17) is 33.2 Å². The summed E-state index contributed by atoms with van der Waals surface area (Å²) in [4.78, 5) is 48.0. The summed E-state index contributed by atoms with van der Waals surface area (Å²) < 4.78 is 0. The lowest BCUT2D eigenvalue weighted by Gasteiger charge is -2.35. The Morgan fingerprint density at radius 2 is 0.977 bits per heavy atom. The average Bonchev–Trinajstić information content (AvgIpc) is 3.03. The summed E-state index contributed by atoms with van der Waals surface area (Å²) in [6, 6.07) is 21.4. The van der Waals surface area contributed by atoms with Crippen molar-refractivity contribution in [3.63, 3.8) is 0 Å². The van der Waals surface area contributed by atoms with Crippen molar-refractivity contribution < 1.29 is 9.59 Å². The molecule has 0 spiro atoms. The number of hydrogen-bond acceptors (Lipinski definition) is 7. The summed E-state index contributed by atoms with van der Waals surface area (Å²) in [6.45, 7) is 3.95. The number of carbonyl (C=O) groups is 2. The molecule has 0 aliphatic heterocycles. The van der Waals surface area contributed by atoms with Crippen molar-refractivity contribution in [1.29, 1.82) is 0 Å². The fraction of sp³-hybridized carbons (Fsp3) is 0.212. The molecule has 2 N–H and O–H groups in total. The van der Waals surface area contributed by atoms with Gasteiger partial charge in [-0.25, -0.2) is 19.9 Å². The maximum atomic E-state index is 13.6. The normalized spacial score (nSPS) is 13.0. The molecule has 6 rings (SSSR count). The topological polar surface area (TPSA) is 113 Å². The number of rotatable bonds is 8. The highest BCUT2D eigenvalue weighted by Gasteiger charge is 2.26. The monoisotopic (exact) mass is 625 g/mol. The predicted molar refractivity (Wildman–Crippen MR) is 175 cm³/mol. The second kappa shape index (κ2) is 12.3. The van der Waals surface area contributed by atoms with Crippen LogP contribution >= 0.6 is 23.2 Å². The number of benzene rings is 4. The Morgan fingerprint density at radius 3 is 1.36 bits per heavy atom. The van der Waals surface area contributed by atoms with E-state index in [1.165, 1.54) is 0 Å². The van der Waals surface area contributed by atoms with Crippen molar-refractivity contribution in [2.24, 2.45) is 0 Å². The molecule has 44 heavy (non-hydrogen) atoms. The Kier molecular flexibility index (Phi) is 8.27. The highest BCUT2D eigenvalue weighted by atomic mass is 35.5. The number of carbonyl (C=O) groups excluding carboxylic acids is 2. The minimum atomic E-state index is -0.393. The molecular weight excluding hydrogens is 597 g/mol. The predicted octanol–water partition coefficient (Wildman–Crippen LogP) is 6.75. The van der Waals surface area contributed by atoms with Gasteiger partial charge >= 0.3 is 0 Å². The van der Waals surface area contributed by atoms with Gasteiger partial charge < -0.3 is 10.6 Å². The van der Waals surface area contributed by atoms with Crippen LogP contribution in [0.5, 0.6) is 0 Å². The number of halogens is 2. The Morgan fingerprint density at radius 1 is 0.614 bits per heavy atom. The third kappa shape index (κ3) is 5.50. The molecule has 6 aromatic rings. The maximum absolute atomic E-state index is 13.6. The number of nitrogens with one attached hydrogen (secondary N) is 2. The summed E-state index contributed by atoms with van der Waals surface area (Å²) in [5.74, 6) is -0.603. The molecule has 2 heterocycles. The SMILES string of the molecule is CCC(NC(=O)c1cccc2nc3cccc(Cl)c3nc12)N(C)C(CC)NC(=O)c1cccc2nc3cccc(Cl)c3nc12. The number of nitrogens with zero attached hydrogens (tertiary/aromatic N) is 5. The molecule has 2 aromatic heterocycles. The van der Waals surface area contributed by atoms with E-state index in [2.05, 4.69) is 20.6 Å². The zero-order chi connectivity index (χ0) is 31.0. The van der Waals surface area contributed by atoms with E-state index in [1.54, 1.807) is 36.4 Å². The van der Waals surface area contributed by atoms with Gasteiger partial charge in [-0.3, -0.25) is 14.5 Å². The average molecular weight is 627 g/mol. The minimum Gasteiger partial charge on any atom is -0.336 e. The first kappa shape index (κ1) is 29.6. The number of aromatic nitrogens is 4. The summed E-state index contributed by atoms with van der Waals surface area (Å²) in [5, 5.41) is 7.17. The number of para-hydroxylation sites is 4. The van der Waals surface area contributed by atoms with Gasteiger partial charge in [0, 0.05) is 0 Å². The second-order valence-electron chi connectivity index (χ2n) is 10.5. The zero-order valence-electron chi connectivity index (χ0n) is 24.3. The second-order valence-corrected chi connectivity index (χ2v) is 11.3. The fourth-order valence-electron chi connectivity index (χ4n) is 5.40. The van der Waals surface area contributed by atoms with Crippen molar-refractivity contribution >= 4 is 79.1 Å². The molecule has 11 heteroatoms. The molecule has 9 nitrogen and oxygen atoms in total. The van der Waals surface area contributed by atoms with Gasteiger partial charge in [0.25, 0.3) is 11.8 Å². The van der Waals surface area contributed by atoms with Gasteiger partial charge in [-0.05, 0) is 68.4 Å². The number of hydrogen-bond donors (Lipinski definition) is 2. The molecule has 4 aromatic carbocycles. The summed E-state index contributed by atoms with van der Waals surface area (Å²) >= 11 is 12.8. The third-order valence-electron chi connectivity index (χ3n) is 7.73. The van der Waals surface area contributed by atoms with Crippen molar-refractivity contribution in [1.82, 2.24) is 35.5 Å². The van der Waals surface area contributed by atoms with Gasteiger partial charge in [-0.2, -0.15) is 0 Å². The molecule has 2 unspecified atom stereocenters. The van der Waals surface area contributed by atoms with E-state index >= 15 is 0 Å². The molecule has 0 bridgehead atoms. The van der Waals surface area contributed by atoms with Crippen LogP contribution in [0.1, 0.15) is 47.4 Å². The van der Waals surface area contributed by atoms with Crippen LogP contribution in [0.4, 0.5) is 0 Å². The lowest BCUT2D eigenvalue weighted by Crippen LogP contribution is -2.55. The van der Waals surface area contributed by atoms with Crippen LogP contribution in [-0.2, 0) is 0 Å². The highest BCUT2D eigenvalue weighted by Crippen LogP contribution is 2.26. The summed E-state index contributed by atoms with van der Waals surface area (Å²) in [6.07, 6.45) is 0.388. The summed E-state index contributed by atoms with van der Waals surface area (Å²) in [7, 11) is 1.87. The van der Waals surface area contributed by atoms with Crippen LogP contribution in [-0.4, -0.2) is 56.0 Å². The van der Waals surface area contributed by atoms with Gasteiger partial charge in [0.15, 0.2) is 0 Å². The van der Waals surface area contributed by atoms with Crippen LogP contribution < -0.4 is 10.6 Å². The first-order valence-corrected chi connectivity index (χ1v) is 15.1. The number of fused-ring (bicyclic) bond motifs is 4. The van der Waals surface area contributed by atoms with Crippen molar-refractivity contribution in [2.75, 3.05) is 7.05 Å². The molecule has 0 saturated carbocycles. The lowest BCUT2D eigenvalue weighted by molar-refractivity contribution is 0.0701. The molecule has 0 fully saturated rings. The van der Waals surface area contributed by atoms with Crippen molar-refractivity contribution in [2.45, 2.75) is 39.0 Å². The van der Waals surface area contributed by atoms with Crippen LogP contribution in [0.15, 0.2) is 72.8 Å². The zero-order valence-corrected chi connectivity index (χ0v) is 25.8. The van der Waals surface area contributed by atoms with Crippen LogP contribution in [0, 0.1) is 0 Å². The van der Waals surface area contributed by atoms with E-state index in [0.29, 0.717) is 78.1 Å². The van der Waals surface area contributed by atoms with Gasteiger partial charge in [0.2, 0.25) is 0 Å². The Balaban J connectivity index is 1.25. The molecule has 2 amide bonds. The quantitative estimate of drug-likeness (QED) is 0.142. The van der Waals surface area contributed by atoms with Gasteiger partial charge in [-0.1, -0.05) is 61.3 Å². The third-order valence-corrected chi connectivity index (χ3v) is 8.34. The van der Waals surface area contributed by atoms with E-state index in [0.717, 1.165) is 0 Å². The van der Waals surface area contributed by atoms with E-state index in [1.807, 2.05) is 62.2 Å². The molecule has 0 saturated heterocycles. The molecule has 0 aliphatic carbocycles. The largest absolute Gasteiger partial charge is 0.336 e. The lowest BCUT2D eigenvalue weighted by atomic mass is 10.1. The molecule has 2 atom stereocenters. The van der Waals surface area contributed by atoms with Crippen LogP contribution in [0.2, 0.25) is 10.0 Å². The first-order chi connectivity index (χ1) is 21.3. The van der Waals surface area contributed by atoms with Gasteiger partial charge in [0.1, 0.15) is 22.1 Å². The maximum Gasteiger partial charge on any atom is 0.254 e.